The van der Waals surface area contributed by atoms with Gasteiger partial charge in [0.25, 0.3) is 0 Å². The summed E-state index contributed by atoms with van der Waals surface area (Å²) < 4.78 is 6.35. The van der Waals surface area contributed by atoms with Gasteiger partial charge in [0.1, 0.15) is 16.4 Å². The summed E-state index contributed by atoms with van der Waals surface area (Å²) >= 11 is 1.71. The number of fused-ring (bicyclic) bond motifs is 1. The lowest BCUT2D eigenvalue weighted by Gasteiger charge is -2.35. The van der Waals surface area contributed by atoms with Crippen molar-refractivity contribution in [3.05, 3.63) is 40.5 Å². The van der Waals surface area contributed by atoms with Crippen molar-refractivity contribution in [2.24, 2.45) is 0 Å². The molecule has 174 valence electrons. The number of anilines is 1. The Balaban J connectivity index is 1.36. The van der Waals surface area contributed by atoms with E-state index in [0.717, 1.165) is 73.3 Å². The first-order chi connectivity index (χ1) is 16.0. The van der Waals surface area contributed by atoms with Crippen LogP contribution >= 0.6 is 11.3 Å². The Morgan fingerprint density at radius 2 is 1.70 bits per heavy atom. The molecule has 4 heterocycles. The van der Waals surface area contributed by atoms with Crippen molar-refractivity contribution in [2.75, 3.05) is 44.2 Å². The Morgan fingerprint density at radius 1 is 1.00 bits per heavy atom. The number of hydrogen-bond donors (Lipinski definition) is 0. The molecule has 0 radical (unpaired) electrons. The number of benzene rings is 1. The van der Waals surface area contributed by atoms with Crippen molar-refractivity contribution in [1.29, 1.82) is 0 Å². The number of nitrogens with zero attached hydrogens (tertiary/aromatic N) is 5. The summed E-state index contributed by atoms with van der Waals surface area (Å²) in [5.41, 5.74) is 2.34. The SMILES string of the molecule is CC(=O)N1CCN(c2ccc(Oc3nc(CN4CCCC4)nc4sc(C)c(C)c34)cc2)CC1. The van der Waals surface area contributed by atoms with E-state index >= 15 is 0 Å². The molecule has 2 aliphatic heterocycles. The largest absolute Gasteiger partial charge is 0.438 e. The second kappa shape index (κ2) is 9.27. The summed E-state index contributed by atoms with van der Waals surface area (Å²) in [4.78, 5) is 30.2. The number of carbonyl (C=O) groups is 1. The summed E-state index contributed by atoms with van der Waals surface area (Å²) in [5.74, 6) is 2.41. The zero-order valence-corrected chi connectivity index (χ0v) is 20.5. The van der Waals surface area contributed by atoms with Crippen LogP contribution in [0.25, 0.3) is 10.2 Å². The smallest absolute Gasteiger partial charge is 0.231 e. The van der Waals surface area contributed by atoms with Gasteiger partial charge in [-0.1, -0.05) is 0 Å². The van der Waals surface area contributed by atoms with Gasteiger partial charge in [-0.3, -0.25) is 9.69 Å². The van der Waals surface area contributed by atoms with E-state index in [2.05, 4.69) is 35.8 Å². The highest BCUT2D eigenvalue weighted by Gasteiger charge is 2.21. The van der Waals surface area contributed by atoms with Crippen LogP contribution in [-0.2, 0) is 11.3 Å². The first kappa shape index (κ1) is 22.1. The first-order valence-corrected chi connectivity index (χ1v) is 12.6. The first-order valence-electron chi connectivity index (χ1n) is 11.8. The molecule has 2 saturated heterocycles. The Morgan fingerprint density at radius 3 is 2.36 bits per heavy atom. The van der Waals surface area contributed by atoms with Crippen LogP contribution in [0.5, 0.6) is 11.6 Å². The Bertz CT molecular complexity index is 1150. The molecule has 0 bridgehead atoms. The van der Waals surface area contributed by atoms with Crippen molar-refractivity contribution in [3.63, 3.8) is 0 Å². The number of hydrogen-bond acceptors (Lipinski definition) is 7. The fourth-order valence-corrected chi connectivity index (χ4v) is 5.70. The van der Waals surface area contributed by atoms with E-state index in [0.29, 0.717) is 5.88 Å². The number of rotatable bonds is 5. The molecule has 7 nitrogen and oxygen atoms in total. The molecule has 0 aliphatic carbocycles. The van der Waals surface area contributed by atoms with Crippen LogP contribution in [-0.4, -0.2) is 64.9 Å². The van der Waals surface area contributed by atoms with Crippen molar-refractivity contribution in [2.45, 2.75) is 40.2 Å². The molecule has 1 amide bonds. The fraction of sp³-hybridized carbons (Fsp3) is 0.480. The molecule has 3 aromatic rings. The number of amides is 1. The van der Waals surface area contributed by atoms with E-state index in [1.807, 2.05) is 17.0 Å². The van der Waals surface area contributed by atoms with Gasteiger partial charge in [0, 0.05) is 43.7 Å². The molecule has 5 rings (SSSR count). The number of aryl methyl sites for hydroxylation is 2. The van der Waals surface area contributed by atoms with E-state index in [-0.39, 0.29) is 5.91 Å². The minimum absolute atomic E-state index is 0.151. The van der Waals surface area contributed by atoms with Crippen LogP contribution in [0.2, 0.25) is 0 Å². The number of likely N-dealkylation sites (tertiary alicyclic amines) is 1. The van der Waals surface area contributed by atoms with E-state index in [1.165, 1.54) is 23.3 Å². The molecule has 0 atom stereocenters. The maximum absolute atomic E-state index is 11.6. The predicted molar refractivity (Wildman–Crippen MR) is 132 cm³/mol. The zero-order valence-electron chi connectivity index (χ0n) is 19.6. The van der Waals surface area contributed by atoms with Crippen molar-refractivity contribution in [1.82, 2.24) is 19.8 Å². The number of aromatic nitrogens is 2. The van der Waals surface area contributed by atoms with Crippen LogP contribution in [0.1, 0.15) is 36.0 Å². The molecular formula is C25H31N5O2S. The summed E-state index contributed by atoms with van der Waals surface area (Å²) in [6.45, 7) is 12.1. The van der Waals surface area contributed by atoms with Gasteiger partial charge >= 0.3 is 0 Å². The van der Waals surface area contributed by atoms with Crippen molar-refractivity contribution < 1.29 is 9.53 Å². The molecule has 8 heteroatoms. The summed E-state index contributed by atoms with van der Waals surface area (Å²) in [6.07, 6.45) is 2.50. The Kier molecular flexibility index (Phi) is 6.21. The normalized spacial score (nSPS) is 17.2. The van der Waals surface area contributed by atoms with Gasteiger partial charge in [-0.25, -0.2) is 4.98 Å². The lowest BCUT2D eigenvalue weighted by molar-refractivity contribution is -0.129. The highest BCUT2D eigenvalue weighted by molar-refractivity contribution is 7.18. The average Bonchev–Trinajstić information content (AvgIpc) is 3.42. The molecule has 2 aromatic heterocycles. The molecule has 2 fully saturated rings. The third-order valence-corrected chi connectivity index (χ3v) is 7.85. The lowest BCUT2D eigenvalue weighted by Crippen LogP contribution is -2.48. The van der Waals surface area contributed by atoms with Crippen LogP contribution in [0.3, 0.4) is 0 Å². The monoisotopic (exact) mass is 465 g/mol. The highest BCUT2D eigenvalue weighted by Crippen LogP contribution is 2.37. The second-order valence-corrected chi connectivity index (χ2v) is 10.2. The van der Waals surface area contributed by atoms with Gasteiger partial charge in [0.2, 0.25) is 11.8 Å². The van der Waals surface area contributed by atoms with E-state index in [4.69, 9.17) is 14.7 Å². The zero-order chi connectivity index (χ0) is 22.9. The molecule has 1 aromatic carbocycles. The van der Waals surface area contributed by atoms with Crippen LogP contribution < -0.4 is 9.64 Å². The molecule has 0 unspecified atom stereocenters. The maximum Gasteiger partial charge on any atom is 0.231 e. The van der Waals surface area contributed by atoms with Crippen molar-refractivity contribution in [3.8, 4) is 11.6 Å². The molecule has 2 aliphatic rings. The number of ether oxygens (including phenoxy) is 1. The van der Waals surface area contributed by atoms with Gasteiger partial charge in [0.05, 0.1) is 11.9 Å². The fourth-order valence-electron chi connectivity index (χ4n) is 4.66. The summed E-state index contributed by atoms with van der Waals surface area (Å²) in [6, 6.07) is 8.20. The van der Waals surface area contributed by atoms with E-state index in [9.17, 15) is 4.79 Å². The molecule has 0 saturated carbocycles. The highest BCUT2D eigenvalue weighted by atomic mass is 32.1. The summed E-state index contributed by atoms with van der Waals surface area (Å²) in [5, 5.41) is 1.02. The maximum atomic E-state index is 11.6. The quantitative estimate of drug-likeness (QED) is 0.558. The number of carbonyl (C=O) groups excluding carboxylic acids is 1. The summed E-state index contributed by atoms with van der Waals surface area (Å²) in [7, 11) is 0. The third-order valence-electron chi connectivity index (χ3n) is 6.75. The standard InChI is InChI=1S/C25H31N5O2S/c1-17-18(2)33-25-23(17)24(26-22(27-25)16-28-10-4-5-11-28)32-21-8-6-20(7-9-21)30-14-12-29(13-15-30)19(3)31/h6-9H,4-5,10-16H2,1-3H3. The van der Waals surface area contributed by atoms with Gasteiger partial charge < -0.3 is 14.5 Å². The van der Waals surface area contributed by atoms with Gasteiger partial charge in [-0.2, -0.15) is 4.98 Å². The van der Waals surface area contributed by atoms with Crippen LogP contribution in [0.4, 0.5) is 5.69 Å². The number of piperazine rings is 1. The Hall–Kier alpha value is -2.71. The molecule has 0 N–H and O–H groups in total. The van der Waals surface area contributed by atoms with E-state index < -0.39 is 0 Å². The predicted octanol–water partition coefficient (Wildman–Crippen LogP) is 4.36. The van der Waals surface area contributed by atoms with E-state index in [1.54, 1.807) is 18.3 Å². The van der Waals surface area contributed by atoms with Crippen LogP contribution in [0.15, 0.2) is 24.3 Å². The minimum atomic E-state index is 0.151. The number of thiophene rings is 1. The Labute approximate surface area is 199 Å². The van der Waals surface area contributed by atoms with Crippen molar-refractivity contribution >= 4 is 33.1 Å². The van der Waals surface area contributed by atoms with Gasteiger partial charge in [0.15, 0.2) is 0 Å². The van der Waals surface area contributed by atoms with Crippen LogP contribution in [0, 0.1) is 13.8 Å². The average molecular weight is 466 g/mol. The van der Waals surface area contributed by atoms with Gasteiger partial charge in [-0.15, -0.1) is 11.3 Å². The third kappa shape index (κ3) is 4.68. The molecule has 33 heavy (non-hydrogen) atoms. The minimum Gasteiger partial charge on any atom is -0.438 e. The van der Waals surface area contributed by atoms with Gasteiger partial charge in [-0.05, 0) is 69.6 Å². The molecular weight excluding hydrogens is 434 g/mol. The molecule has 0 spiro atoms. The lowest BCUT2D eigenvalue weighted by atomic mass is 10.2. The topological polar surface area (TPSA) is 61.8 Å². The second-order valence-electron chi connectivity index (χ2n) is 8.98.